The molecule has 6 nitrogen and oxygen atoms in total. The zero-order chi connectivity index (χ0) is 20.4. The summed E-state index contributed by atoms with van der Waals surface area (Å²) in [7, 11) is 0. The van der Waals surface area contributed by atoms with Gasteiger partial charge in [-0.2, -0.15) is 0 Å². The van der Waals surface area contributed by atoms with Gasteiger partial charge in [-0.1, -0.05) is 24.3 Å². The third-order valence-corrected chi connectivity index (χ3v) is 5.67. The molecule has 0 fully saturated rings. The molecule has 7 heteroatoms. The first kappa shape index (κ1) is 19.3. The van der Waals surface area contributed by atoms with Gasteiger partial charge in [0.25, 0.3) is 0 Å². The maximum Gasteiger partial charge on any atom is 0.352 e. The Labute approximate surface area is 172 Å². The van der Waals surface area contributed by atoms with Crippen LogP contribution in [0.2, 0.25) is 0 Å². The summed E-state index contributed by atoms with van der Waals surface area (Å²) in [6, 6.07) is 12.2. The summed E-state index contributed by atoms with van der Waals surface area (Å²) >= 11 is 0.973. The minimum absolute atomic E-state index is 0.203. The number of thiophene rings is 1. The van der Waals surface area contributed by atoms with Gasteiger partial charge in [0, 0.05) is 0 Å². The molecule has 0 unspecified atom stereocenters. The highest BCUT2D eigenvalue weighted by Crippen LogP contribution is 2.45. The number of benzene rings is 2. The molecule has 1 aromatic heterocycles. The van der Waals surface area contributed by atoms with E-state index < -0.39 is 11.9 Å². The van der Waals surface area contributed by atoms with E-state index in [4.69, 9.17) is 18.9 Å². The highest BCUT2D eigenvalue weighted by Gasteiger charge is 2.32. The lowest BCUT2D eigenvalue weighted by Gasteiger charge is -2.19. The van der Waals surface area contributed by atoms with Gasteiger partial charge in [-0.25, -0.2) is 9.59 Å². The van der Waals surface area contributed by atoms with E-state index in [9.17, 15) is 9.59 Å². The van der Waals surface area contributed by atoms with E-state index in [1.165, 1.54) is 0 Å². The van der Waals surface area contributed by atoms with Crippen LogP contribution >= 0.6 is 11.3 Å². The summed E-state index contributed by atoms with van der Waals surface area (Å²) in [5.41, 5.74) is 1.93. The molecule has 0 spiro atoms. The number of carbonyl (C=O) groups excluding carboxylic acids is 2. The Morgan fingerprint density at radius 1 is 0.862 bits per heavy atom. The summed E-state index contributed by atoms with van der Waals surface area (Å²) in [4.78, 5) is 25.3. The first-order chi connectivity index (χ1) is 14.1. The zero-order valence-electron chi connectivity index (χ0n) is 16.2. The minimum Gasteiger partial charge on any atom is -0.483 e. The highest BCUT2D eigenvalue weighted by atomic mass is 32.1. The molecule has 0 radical (unpaired) electrons. The standard InChI is InChI=1S/C22H20O6S/c1-3-25-21(23)19-17-18(20(29-19)22(24)26-4-2)28-12-16-10-14-8-6-5-7-13(14)9-15(16)11-27-17/h5-10H,3-4,11-12H2,1-2H3. The summed E-state index contributed by atoms with van der Waals surface area (Å²) in [6.07, 6.45) is 0. The second-order valence-electron chi connectivity index (χ2n) is 6.40. The average molecular weight is 412 g/mol. The monoisotopic (exact) mass is 412 g/mol. The van der Waals surface area contributed by atoms with E-state index in [1.54, 1.807) is 13.8 Å². The van der Waals surface area contributed by atoms with Crippen LogP contribution < -0.4 is 9.47 Å². The number of rotatable bonds is 4. The first-order valence-corrected chi connectivity index (χ1v) is 10.2. The Kier molecular flexibility index (Phi) is 5.40. The van der Waals surface area contributed by atoms with Crippen LogP contribution in [0.1, 0.15) is 44.3 Å². The Balaban J connectivity index is 1.76. The fourth-order valence-corrected chi connectivity index (χ4v) is 4.21. The SMILES string of the molecule is CCOC(=O)c1sc(C(=O)OCC)c2c1OCc1cc3ccccc3cc1CO2. The molecular formula is C22H20O6S. The molecule has 0 bridgehead atoms. The van der Waals surface area contributed by atoms with Crippen LogP contribution in [0.15, 0.2) is 36.4 Å². The van der Waals surface area contributed by atoms with Crippen molar-refractivity contribution in [2.24, 2.45) is 0 Å². The predicted molar refractivity (Wildman–Crippen MR) is 109 cm³/mol. The number of carbonyl (C=O) groups is 2. The van der Waals surface area contributed by atoms with E-state index in [2.05, 4.69) is 12.1 Å². The number of esters is 2. The second kappa shape index (κ2) is 8.13. The summed E-state index contributed by atoms with van der Waals surface area (Å²) in [5, 5.41) is 2.19. The van der Waals surface area contributed by atoms with Gasteiger partial charge < -0.3 is 18.9 Å². The van der Waals surface area contributed by atoms with Gasteiger partial charge in [0.2, 0.25) is 0 Å². The van der Waals surface area contributed by atoms with Crippen molar-refractivity contribution in [1.29, 1.82) is 0 Å². The van der Waals surface area contributed by atoms with Gasteiger partial charge in [-0.05, 0) is 47.9 Å². The maximum absolute atomic E-state index is 12.4. The van der Waals surface area contributed by atoms with Crippen molar-refractivity contribution in [2.75, 3.05) is 13.2 Å². The molecule has 0 atom stereocenters. The third-order valence-electron chi connectivity index (χ3n) is 4.56. The number of hydrogen-bond donors (Lipinski definition) is 0. The molecule has 29 heavy (non-hydrogen) atoms. The smallest absolute Gasteiger partial charge is 0.352 e. The third kappa shape index (κ3) is 3.65. The number of hydrogen-bond acceptors (Lipinski definition) is 7. The first-order valence-electron chi connectivity index (χ1n) is 9.39. The quantitative estimate of drug-likeness (QED) is 0.577. The molecular weight excluding hydrogens is 392 g/mol. The van der Waals surface area contributed by atoms with E-state index in [0.29, 0.717) is 0 Å². The molecule has 0 saturated heterocycles. The minimum atomic E-state index is -0.549. The van der Waals surface area contributed by atoms with Gasteiger partial charge in [-0.3, -0.25) is 0 Å². The fourth-order valence-electron chi connectivity index (χ4n) is 3.23. The van der Waals surface area contributed by atoms with Crippen LogP contribution in [0.25, 0.3) is 10.8 Å². The molecule has 3 aromatic rings. The zero-order valence-corrected chi connectivity index (χ0v) is 17.0. The van der Waals surface area contributed by atoms with Crippen molar-refractivity contribution in [3.05, 3.63) is 57.3 Å². The average Bonchev–Trinajstić information content (AvgIpc) is 3.07. The molecule has 0 N–H and O–H groups in total. The van der Waals surface area contributed by atoms with Crippen LogP contribution in [-0.2, 0) is 22.7 Å². The van der Waals surface area contributed by atoms with Gasteiger partial charge in [0.15, 0.2) is 21.3 Å². The maximum atomic E-state index is 12.4. The van der Waals surface area contributed by atoms with Crippen molar-refractivity contribution in [3.8, 4) is 11.5 Å². The van der Waals surface area contributed by atoms with Crippen LogP contribution in [0.5, 0.6) is 11.5 Å². The van der Waals surface area contributed by atoms with Crippen molar-refractivity contribution in [3.63, 3.8) is 0 Å². The summed E-state index contributed by atoms with van der Waals surface area (Å²) in [6.45, 7) is 4.39. The Hall–Kier alpha value is -3.06. The fraction of sp³-hybridized carbons (Fsp3) is 0.273. The van der Waals surface area contributed by atoms with Gasteiger partial charge >= 0.3 is 11.9 Å². The van der Waals surface area contributed by atoms with Crippen molar-refractivity contribution < 1.29 is 28.5 Å². The Bertz CT molecular complexity index is 1000. The van der Waals surface area contributed by atoms with E-state index in [0.717, 1.165) is 33.2 Å². The second-order valence-corrected chi connectivity index (χ2v) is 7.43. The van der Waals surface area contributed by atoms with Crippen molar-refractivity contribution in [2.45, 2.75) is 27.1 Å². The molecule has 4 rings (SSSR count). The molecule has 2 heterocycles. The lowest BCUT2D eigenvalue weighted by Crippen LogP contribution is -2.12. The summed E-state index contributed by atoms with van der Waals surface area (Å²) < 4.78 is 22.2. The van der Waals surface area contributed by atoms with Crippen LogP contribution in [0, 0.1) is 0 Å². The van der Waals surface area contributed by atoms with E-state index in [1.807, 2.05) is 24.3 Å². The molecule has 0 amide bonds. The molecule has 0 saturated carbocycles. The number of fused-ring (bicyclic) bond motifs is 3. The Morgan fingerprint density at radius 2 is 1.31 bits per heavy atom. The van der Waals surface area contributed by atoms with E-state index >= 15 is 0 Å². The topological polar surface area (TPSA) is 71.1 Å². The molecule has 1 aliphatic heterocycles. The number of ether oxygens (including phenoxy) is 4. The predicted octanol–water partition coefficient (Wildman–Crippen LogP) is 4.73. The van der Waals surface area contributed by atoms with Crippen LogP contribution in [-0.4, -0.2) is 25.2 Å². The molecule has 0 aliphatic carbocycles. The normalized spacial score (nSPS) is 12.6. The lowest BCUT2D eigenvalue weighted by molar-refractivity contribution is 0.0515. The molecule has 1 aliphatic rings. The van der Waals surface area contributed by atoms with Gasteiger partial charge in [0.1, 0.15) is 13.2 Å². The van der Waals surface area contributed by atoms with Crippen LogP contribution in [0.4, 0.5) is 0 Å². The highest BCUT2D eigenvalue weighted by molar-refractivity contribution is 7.16. The van der Waals surface area contributed by atoms with Crippen molar-refractivity contribution in [1.82, 2.24) is 0 Å². The molecule has 150 valence electrons. The Morgan fingerprint density at radius 3 is 1.72 bits per heavy atom. The van der Waals surface area contributed by atoms with Gasteiger partial charge in [-0.15, -0.1) is 11.3 Å². The largest absolute Gasteiger partial charge is 0.483 e. The van der Waals surface area contributed by atoms with E-state index in [-0.39, 0.29) is 47.7 Å². The van der Waals surface area contributed by atoms with Crippen molar-refractivity contribution >= 4 is 34.0 Å². The van der Waals surface area contributed by atoms with Crippen LogP contribution in [0.3, 0.4) is 0 Å². The van der Waals surface area contributed by atoms with Gasteiger partial charge in [0.05, 0.1) is 13.2 Å². The lowest BCUT2D eigenvalue weighted by atomic mass is 10.0. The molecule has 2 aromatic carbocycles. The summed E-state index contributed by atoms with van der Waals surface area (Å²) in [5.74, 6) is -0.634.